The van der Waals surface area contributed by atoms with E-state index in [2.05, 4.69) is 38.7 Å². The normalized spacial score (nSPS) is 48.3. The molecule has 5 atom stereocenters. The smallest absolute Gasteiger partial charge is 0.307 e. The third-order valence-electron chi connectivity index (χ3n) is 6.14. The summed E-state index contributed by atoms with van der Waals surface area (Å²) in [5.41, 5.74) is 0.122. The van der Waals surface area contributed by atoms with Crippen LogP contribution in [-0.4, -0.2) is 19.1 Å². The number of carboxylic acid groups (broad SMARTS) is 1. The molecule has 100 valence electrons. The number of allylic oxidation sites excluding steroid dienone is 2. The van der Waals surface area contributed by atoms with Crippen molar-refractivity contribution in [3.8, 4) is 0 Å². The third kappa shape index (κ3) is 1.01. The molecule has 2 nitrogen and oxygen atoms in total. The lowest BCUT2D eigenvalue weighted by atomic mass is 9.84. The van der Waals surface area contributed by atoms with Gasteiger partial charge in [-0.1, -0.05) is 45.1 Å². The molecule has 0 aromatic rings. The van der Waals surface area contributed by atoms with Crippen LogP contribution in [0.15, 0.2) is 12.2 Å². The molecule has 3 heteroatoms. The number of aliphatic carboxylic acids is 1. The molecule has 0 aliphatic heterocycles. The average Bonchev–Trinajstić information content (AvgIpc) is 2.55. The largest absolute Gasteiger partial charge is 0.481 e. The minimum absolute atomic E-state index is 0.0598. The molecule has 0 amide bonds. The Bertz CT molecular complexity index is 436. The maximum atomic E-state index is 11.8. The minimum Gasteiger partial charge on any atom is -0.481 e. The predicted molar refractivity (Wildman–Crippen MR) is 75.2 cm³/mol. The number of carbonyl (C=O) groups is 1. The van der Waals surface area contributed by atoms with Crippen LogP contribution in [0.5, 0.6) is 0 Å². The van der Waals surface area contributed by atoms with E-state index in [-0.39, 0.29) is 16.4 Å². The van der Waals surface area contributed by atoms with Gasteiger partial charge >= 0.3 is 5.97 Å². The van der Waals surface area contributed by atoms with Crippen LogP contribution in [0.2, 0.25) is 24.7 Å². The molecule has 0 radical (unpaired) electrons. The molecule has 5 unspecified atom stereocenters. The van der Waals surface area contributed by atoms with Crippen LogP contribution in [0.4, 0.5) is 0 Å². The van der Waals surface area contributed by atoms with E-state index in [0.717, 1.165) is 12.8 Å². The van der Waals surface area contributed by atoms with Crippen molar-refractivity contribution in [3.63, 3.8) is 0 Å². The lowest BCUT2D eigenvalue weighted by Crippen LogP contribution is -2.37. The molecule has 0 heterocycles. The van der Waals surface area contributed by atoms with Gasteiger partial charge in [-0.05, 0) is 35.1 Å². The summed E-state index contributed by atoms with van der Waals surface area (Å²) in [5.74, 6) is 0.525. The van der Waals surface area contributed by atoms with Crippen LogP contribution in [0.1, 0.15) is 26.2 Å². The highest BCUT2D eigenvalue weighted by molar-refractivity contribution is 6.81. The van der Waals surface area contributed by atoms with E-state index < -0.39 is 14.0 Å². The average molecular weight is 264 g/mol. The van der Waals surface area contributed by atoms with E-state index >= 15 is 0 Å². The first-order chi connectivity index (χ1) is 8.34. The van der Waals surface area contributed by atoms with Gasteiger partial charge in [0.2, 0.25) is 0 Å². The summed E-state index contributed by atoms with van der Waals surface area (Å²) >= 11 is 0. The van der Waals surface area contributed by atoms with Gasteiger partial charge in [0.25, 0.3) is 0 Å². The molecular formula is C15H24O2Si. The molecule has 3 rings (SSSR count). The topological polar surface area (TPSA) is 37.3 Å². The Kier molecular flexibility index (Phi) is 2.28. The molecule has 0 aromatic heterocycles. The molecule has 2 bridgehead atoms. The van der Waals surface area contributed by atoms with Gasteiger partial charge in [0.15, 0.2) is 0 Å². The summed E-state index contributed by atoms with van der Waals surface area (Å²) in [5, 5.41) is 9.89. The standard InChI is InChI=1S/C15H24O2Si/c1-5-8-14-10-6-7-11(9-10)15(14,18(2,3)4)12(14)13(16)17/h6-7,10-12H,5,8-9H2,1-4H3,(H,16,17). The number of hydrogen-bond acceptors (Lipinski definition) is 1. The van der Waals surface area contributed by atoms with E-state index in [1.165, 1.54) is 6.42 Å². The molecule has 0 saturated heterocycles. The second-order valence-corrected chi connectivity index (χ2v) is 12.8. The summed E-state index contributed by atoms with van der Waals surface area (Å²) in [7, 11) is -1.50. The van der Waals surface area contributed by atoms with Crippen molar-refractivity contribution in [1.29, 1.82) is 0 Å². The van der Waals surface area contributed by atoms with Crippen molar-refractivity contribution in [3.05, 3.63) is 12.2 Å². The molecule has 3 aliphatic rings. The maximum absolute atomic E-state index is 11.8. The molecule has 18 heavy (non-hydrogen) atoms. The van der Waals surface area contributed by atoms with Crippen molar-refractivity contribution in [1.82, 2.24) is 0 Å². The fourth-order valence-electron chi connectivity index (χ4n) is 6.13. The molecule has 2 fully saturated rings. The van der Waals surface area contributed by atoms with Crippen molar-refractivity contribution in [2.45, 2.75) is 50.9 Å². The Labute approximate surface area is 110 Å². The van der Waals surface area contributed by atoms with Gasteiger partial charge in [0.1, 0.15) is 0 Å². The molecule has 1 N–H and O–H groups in total. The highest BCUT2D eigenvalue weighted by atomic mass is 28.3. The van der Waals surface area contributed by atoms with Crippen molar-refractivity contribution < 1.29 is 9.90 Å². The van der Waals surface area contributed by atoms with E-state index in [9.17, 15) is 9.90 Å². The SMILES string of the molecule is CCCC12C3C=CC(C3)C1([Si](C)(C)C)C2C(=O)O. The highest BCUT2D eigenvalue weighted by Crippen LogP contribution is 2.93. The van der Waals surface area contributed by atoms with Crippen molar-refractivity contribution in [2.75, 3.05) is 0 Å². The van der Waals surface area contributed by atoms with E-state index in [4.69, 9.17) is 0 Å². The van der Waals surface area contributed by atoms with Crippen LogP contribution < -0.4 is 0 Å². The van der Waals surface area contributed by atoms with Crippen molar-refractivity contribution >= 4 is 14.0 Å². The second-order valence-electron chi connectivity index (χ2n) is 7.51. The summed E-state index contributed by atoms with van der Waals surface area (Å²) in [6.45, 7) is 9.36. The van der Waals surface area contributed by atoms with E-state index in [0.29, 0.717) is 11.8 Å². The lowest BCUT2D eigenvalue weighted by molar-refractivity contribution is -0.140. The van der Waals surface area contributed by atoms with Gasteiger partial charge in [-0.15, -0.1) is 0 Å². The highest BCUT2D eigenvalue weighted by Gasteiger charge is 2.89. The van der Waals surface area contributed by atoms with Gasteiger partial charge in [-0.25, -0.2) is 0 Å². The lowest BCUT2D eigenvalue weighted by Gasteiger charge is -2.36. The first-order valence-electron chi connectivity index (χ1n) is 7.25. The fourth-order valence-corrected chi connectivity index (χ4v) is 10.5. The molecule has 0 aromatic carbocycles. The van der Waals surface area contributed by atoms with Crippen LogP contribution in [0, 0.1) is 23.2 Å². The van der Waals surface area contributed by atoms with Crippen LogP contribution >= 0.6 is 0 Å². The molecule has 2 saturated carbocycles. The van der Waals surface area contributed by atoms with Crippen LogP contribution in [-0.2, 0) is 4.79 Å². The van der Waals surface area contributed by atoms with Gasteiger partial charge in [0.05, 0.1) is 14.0 Å². The molecule has 0 spiro atoms. The number of fused-ring (bicyclic) bond motifs is 5. The van der Waals surface area contributed by atoms with E-state index in [1.807, 2.05) is 0 Å². The third-order valence-corrected chi connectivity index (χ3v) is 9.75. The number of hydrogen-bond donors (Lipinski definition) is 1. The summed E-state index contributed by atoms with van der Waals surface area (Å²) in [6.07, 6.45) is 8.14. The Morgan fingerprint density at radius 2 is 1.94 bits per heavy atom. The Hall–Kier alpha value is -0.573. The molecular weight excluding hydrogens is 240 g/mol. The van der Waals surface area contributed by atoms with Crippen LogP contribution in [0.3, 0.4) is 0 Å². The van der Waals surface area contributed by atoms with Crippen LogP contribution in [0.25, 0.3) is 0 Å². The van der Waals surface area contributed by atoms with Crippen molar-refractivity contribution in [2.24, 2.45) is 23.2 Å². The zero-order valence-electron chi connectivity index (χ0n) is 11.9. The Morgan fingerprint density at radius 3 is 2.44 bits per heavy atom. The summed E-state index contributed by atoms with van der Waals surface area (Å²) < 4.78 is 0. The first-order valence-corrected chi connectivity index (χ1v) is 10.7. The Morgan fingerprint density at radius 1 is 1.33 bits per heavy atom. The zero-order chi connectivity index (χ0) is 13.3. The maximum Gasteiger partial charge on any atom is 0.307 e. The minimum atomic E-state index is -1.50. The van der Waals surface area contributed by atoms with E-state index in [1.54, 1.807) is 0 Å². The quantitative estimate of drug-likeness (QED) is 0.620. The Balaban J connectivity index is 2.14. The summed E-state index contributed by atoms with van der Waals surface area (Å²) in [6, 6.07) is 0. The number of rotatable bonds is 4. The first kappa shape index (κ1) is 12.5. The van der Waals surface area contributed by atoms with Gasteiger partial charge in [0, 0.05) is 0 Å². The van der Waals surface area contributed by atoms with Gasteiger partial charge < -0.3 is 5.11 Å². The summed E-state index contributed by atoms with van der Waals surface area (Å²) in [4.78, 5) is 11.8. The zero-order valence-corrected chi connectivity index (χ0v) is 12.9. The monoisotopic (exact) mass is 264 g/mol. The number of carboxylic acids is 1. The predicted octanol–water partition coefficient (Wildman–Crippen LogP) is 3.77. The molecule has 3 aliphatic carbocycles. The second kappa shape index (κ2) is 3.30. The van der Waals surface area contributed by atoms with Gasteiger partial charge in [-0.2, -0.15) is 0 Å². The van der Waals surface area contributed by atoms with Gasteiger partial charge in [-0.3, -0.25) is 4.79 Å². The fraction of sp³-hybridized carbons (Fsp3) is 0.800.